The van der Waals surface area contributed by atoms with E-state index in [1.54, 1.807) is 5.01 Å². The lowest BCUT2D eigenvalue weighted by Gasteiger charge is -1.99. The summed E-state index contributed by atoms with van der Waals surface area (Å²) in [4.78, 5) is 0. The normalized spacial score (nSPS) is 11.0. The molecule has 0 N–H and O–H groups in total. The highest BCUT2D eigenvalue weighted by atomic mass is 35.5. The number of aromatic nitrogens is 2. The van der Waals surface area contributed by atoms with Crippen molar-refractivity contribution in [3.63, 3.8) is 0 Å². The van der Waals surface area contributed by atoms with Gasteiger partial charge in [-0.2, -0.15) is 0 Å². The molecule has 21 heavy (non-hydrogen) atoms. The smallest absolute Gasteiger partial charge is 0.421 e. The summed E-state index contributed by atoms with van der Waals surface area (Å²) in [5.41, 5.74) is 1.55. The molecule has 1 aromatic heterocycles. The number of aryl methyl sites for hydroxylation is 2. The lowest BCUT2D eigenvalue weighted by Crippen LogP contribution is -3.00. The number of hydrogen-bond acceptors (Lipinski definition) is 4. The molecular weight excluding hydrogens is 290 g/mol. The van der Waals surface area contributed by atoms with Crippen LogP contribution in [0, 0.1) is 0 Å². The van der Waals surface area contributed by atoms with Crippen LogP contribution in [-0.2, 0) is 14.1 Å². The number of benzene rings is 1. The summed E-state index contributed by atoms with van der Waals surface area (Å²) in [6.07, 6.45) is 3.86. The molecule has 0 unspecified atom stereocenters. The Morgan fingerprint density at radius 2 is 1.57 bits per heavy atom. The van der Waals surface area contributed by atoms with Gasteiger partial charge in [-0.25, -0.2) is 9.13 Å². The number of azo groups is 1. The average Bonchev–Trinajstić information content (AvgIpc) is 2.75. The van der Waals surface area contributed by atoms with Crippen molar-refractivity contribution >= 4 is 17.3 Å². The zero-order chi connectivity index (χ0) is 14.5. The number of hydrogen-bond donors (Lipinski definition) is 0. The summed E-state index contributed by atoms with van der Waals surface area (Å²) >= 11 is 0. The maximum absolute atomic E-state index is 4.23. The van der Waals surface area contributed by atoms with Crippen LogP contribution in [0.4, 0.5) is 17.3 Å². The number of rotatable bonds is 4. The second kappa shape index (κ2) is 7.49. The molecule has 0 radical (unpaired) electrons. The van der Waals surface area contributed by atoms with Crippen LogP contribution in [0.25, 0.3) is 0 Å². The molecule has 7 nitrogen and oxygen atoms in total. The molecule has 0 bridgehead atoms. The minimum Gasteiger partial charge on any atom is -1.00 e. The largest absolute Gasteiger partial charge is 1.00 e. The van der Waals surface area contributed by atoms with E-state index >= 15 is 0 Å². The summed E-state index contributed by atoms with van der Waals surface area (Å²) in [5, 5.41) is 18.1. The molecule has 0 aliphatic rings. The summed E-state index contributed by atoms with van der Waals surface area (Å²) in [6.45, 7) is 0. The Bertz CT molecular complexity index is 609. The van der Waals surface area contributed by atoms with Crippen LogP contribution in [0.3, 0.4) is 0 Å². The van der Waals surface area contributed by atoms with E-state index in [9.17, 15) is 0 Å². The number of halogens is 1. The highest BCUT2D eigenvalue weighted by molar-refractivity contribution is 5.46. The zero-order valence-electron chi connectivity index (χ0n) is 12.5. The van der Waals surface area contributed by atoms with E-state index in [0.717, 1.165) is 17.3 Å². The monoisotopic (exact) mass is 307 g/mol. The molecule has 0 saturated carbocycles. The first-order valence-corrected chi connectivity index (χ1v) is 6.18. The van der Waals surface area contributed by atoms with Gasteiger partial charge in [-0.1, -0.05) is 10.3 Å². The van der Waals surface area contributed by atoms with E-state index in [2.05, 4.69) is 20.6 Å². The molecule has 8 heteroatoms. The minimum absolute atomic E-state index is 0. The van der Waals surface area contributed by atoms with Gasteiger partial charge in [-0.3, -0.25) is 5.01 Å². The molecule has 0 aliphatic carbocycles. The fourth-order valence-corrected chi connectivity index (χ4v) is 1.55. The van der Waals surface area contributed by atoms with Crippen molar-refractivity contribution in [2.45, 2.75) is 0 Å². The van der Waals surface area contributed by atoms with Gasteiger partial charge in [-0.05, 0) is 24.3 Å². The summed E-state index contributed by atoms with van der Waals surface area (Å²) < 4.78 is 3.81. The Hall–Kier alpha value is -2.28. The van der Waals surface area contributed by atoms with E-state index in [-0.39, 0.29) is 12.4 Å². The quantitative estimate of drug-likeness (QED) is 0.439. The Labute approximate surface area is 130 Å². The van der Waals surface area contributed by atoms with Gasteiger partial charge < -0.3 is 12.4 Å². The molecule has 0 fully saturated rings. The molecule has 2 rings (SSSR count). The van der Waals surface area contributed by atoms with Crippen molar-refractivity contribution in [1.29, 1.82) is 0 Å². The van der Waals surface area contributed by atoms with Gasteiger partial charge in [0.25, 0.3) is 0 Å². The van der Waals surface area contributed by atoms with Gasteiger partial charge in [0.1, 0.15) is 5.69 Å². The first-order chi connectivity index (χ1) is 9.56. The summed E-state index contributed by atoms with van der Waals surface area (Å²) in [7, 11) is 7.51. The fourth-order valence-electron chi connectivity index (χ4n) is 1.55. The first-order valence-electron chi connectivity index (χ1n) is 6.18. The molecule has 2 aromatic rings. The molecule has 0 amide bonds. The Kier molecular flexibility index (Phi) is 5.98. The van der Waals surface area contributed by atoms with E-state index in [4.69, 9.17) is 0 Å². The van der Waals surface area contributed by atoms with Gasteiger partial charge >= 0.3 is 5.95 Å². The Morgan fingerprint density at radius 3 is 2.05 bits per heavy atom. The molecule has 1 aromatic carbocycles. The van der Waals surface area contributed by atoms with Crippen molar-refractivity contribution in [2.75, 3.05) is 14.1 Å². The van der Waals surface area contributed by atoms with Crippen LogP contribution in [0.1, 0.15) is 0 Å². The van der Waals surface area contributed by atoms with Gasteiger partial charge in [0, 0.05) is 19.2 Å². The highest BCUT2D eigenvalue weighted by Gasteiger charge is 2.09. The highest BCUT2D eigenvalue weighted by Crippen LogP contribution is 2.20. The molecule has 0 saturated heterocycles. The second-order valence-electron chi connectivity index (χ2n) is 4.57. The van der Waals surface area contributed by atoms with Crippen LogP contribution < -0.4 is 17.0 Å². The molecule has 0 aliphatic heterocycles. The summed E-state index contributed by atoms with van der Waals surface area (Å²) in [5.74, 6) is 0.779. The Morgan fingerprint density at radius 1 is 1.00 bits per heavy atom. The SMILES string of the molecule is CN(C)N=Nc1ccc(N=Nc2n(C)cc[n+]2C)cc1.[Cl-]. The van der Waals surface area contributed by atoms with Gasteiger partial charge in [-0.15, -0.1) is 5.11 Å². The van der Waals surface area contributed by atoms with Crippen molar-refractivity contribution in [1.82, 2.24) is 9.58 Å². The van der Waals surface area contributed by atoms with Crippen molar-refractivity contribution in [2.24, 2.45) is 34.7 Å². The van der Waals surface area contributed by atoms with E-state index in [1.165, 1.54) is 0 Å². The molecule has 0 atom stereocenters. The maximum atomic E-state index is 4.23. The lowest BCUT2D eigenvalue weighted by molar-refractivity contribution is -0.657. The number of imidazole rings is 1. The van der Waals surface area contributed by atoms with Crippen LogP contribution >= 0.6 is 0 Å². The van der Waals surface area contributed by atoms with Crippen LogP contribution in [-0.4, -0.2) is 23.7 Å². The fraction of sp³-hybridized carbons (Fsp3) is 0.308. The van der Waals surface area contributed by atoms with E-state index < -0.39 is 0 Å². The molecule has 0 spiro atoms. The topological polar surface area (TPSA) is 61.5 Å². The lowest BCUT2D eigenvalue weighted by atomic mass is 10.3. The molecule has 1 heterocycles. The second-order valence-corrected chi connectivity index (χ2v) is 4.57. The predicted octanol–water partition coefficient (Wildman–Crippen LogP) is -0.171. The van der Waals surface area contributed by atoms with Gasteiger partial charge in [0.15, 0.2) is 0 Å². The zero-order valence-corrected chi connectivity index (χ0v) is 13.2. The van der Waals surface area contributed by atoms with Crippen molar-refractivity contribution in [3.8, 4) is 0 Å². The van der Waals surface area contributed by atoms with Crippen LogP contribution in [0.15, 0.2) is 57.2 Å². The van der Waals surface area contributed by atoms with Gasteiger partial charge in [0.2, 0.25) is 0 Å². The third kappa shape index (κ3) is 4.64. The predicted molar refractivity (Wildman–Crippen MR) is 75.4 cm³/mol. The van der Waals surface area contributed by atoms with E-state index in [1.807, 2.05) is 74.0 Å². The molecule has 112 valence electrons. The number of nitrogens with zero attached hydrogens (tertiary/aromatic N) is 7. The maximum Gasteiger partial charge on any atom is 0.421 e. The summed E-state index contributed by atoms with van der Waals surface area (Å²) in [6, 6.07) is 7.42. The molecular formula is C13H18ClN7. The first kappa shape index (κ1) is 16.8. The third-order valence-corrected chi connectivity index (χ3v) is 2.59. The Balaban J connectivity index is 0.00000220. The van der Waals surface area contributed by atoms with Crippen LogP contribution in [0.2, 0.25) is 0 Å². The van der Waals surface area contributed by atoms with Crippen molar-refractivity contribution in [3.05, 3.63) is 36.7 Å². The van der Waals surface area contributed by atoms with Crippen LogP contribution in [0.5, 0.6) is 0 Å². The standard InChI is InChI=1S/C13H18N7.ClH/c1-18(2)17-15-12-7-5-11(6-8-12)14-16-13-19(3)9-10-20(13)4;/h5-10H,1-4H3;1H/q+1;/p-1. The minimum atomic E-state index is 0. The van der Waals surface area contributed by atoms with E-state index in [0.29, 0.717) is 0 Å². The van der Waals surface area contributed by atoms with Gasteiger partial charge in [0.05, 0.1) is 32.2 Å². The third-order valence-electron chi connectivity index (χ3n) is 2.59. The average molecular weight is 308 g/mol. The van der Waals surface area contributed by atoms with Crippen molar-refractivity contribution < 1.29 is 17.0 Å².